The molecule has 6 rings (SSSR count). The molecule has 1 aliphatic carbocycles. The van der Waals surface area contributed by atoms with Crippen molar-refractivity contribution in [2.24, 2.45) is 0 Å². The first-order chi connectivity index (χ1) is 18.5. The van der Waals surface area contributed by atoms with Gasteiger partial charge in [0.15, 0.2) is 5.58 Å². The van der Waals surface area contributed by atoms with Crippen LogP contribution in [0.25, 0.3) is 33.6 Å². The SMILES string of the molecule is CC(C)c1cc(C(C)C)c2c(-c3[c-]cccc3)noc2c1.[Ir].c1cc(-c2cc(C3CCCCC3)ccn2)[n-]n1. The topological polar surface area (TPSA) is 65.9 Å². The van der Waals surface area contributed by atoms with Gasteiger partial charge in [0.2, 0.25) is 0 Å². The van der Waals surface area contributed by atoms with E-state index in [1.54, 1.807) is 6.20 Å². The van der Waals surface area contributed by atoms with Crippen molar-refractivity contribution >= 4 is 11.0 Å². The summed E-state index contributed by atoms with van der Waals surface area (Å²) in [5.41, 5.74) is 8.58. The largest absolute Gasteiger partial charge is 0.574 e. The summed E-state index contributed by atoms with van der Waals surface area (Å²) in [6, 6.07) is 21.8. The fourth-order valence-electron chi connectivity index (χ4n) is 5.28. The first-order valence-electron chi connectivity index (χ1n) is 13.8. The van der Waals surface area contributed by atoms with Gasteiger partial charge in [-0.1, -0.05) is 64.8 Å². The minimum Gasteiger partial charge on any atom is -0.574 e. The van der Waals surface area contributed by atoms with E-state index in [1.807, 2.05) is 36.5 Å². The van der Waals surface area contributed by atoms with Crippen molar-refractivity contribution in [3.8, 4) is 22.6 Å². The molecule has 0 amide bonds. The fourth-order valence-corrected chi connectivity index (χ4v) is 5.28. The van der Waals surface area contributed by atoms with Gasteiger partial charge in [0.25, 0.3) is 0 Å². The zero-order valence-electron chi connectivity index (χ0n) is 23.1. The van der Waals surface area contributed by atoms with Crippen molar-refractivity contribution in [3.63, 3.8) is 0 Å². The Labute approximate surface area is 245 Å². The van der Waals surface area contributed by atoms with Gasteiger partial charge in [-0.15, -0.1) is 41.1 Å². The summed E-state index contributed by atoms with van der Waals surface area (Å²) in [5, 5.41) is 13.3. The van der Waals surface area contributed by atoms with Crippen LogP contribution in [0.4, 0.5) is 0 Å². The number of aromatic nitrogens is 4. The molecule has 205 valence electrons. The molecule has 1 radical (unpaired) electrons. The normalized spacial score (nSPS) is 13.8. The van der Waals surface area contributed by atoms with E-state index in [0.29, 0.717) is 17.8 Å². The number of rotatable bonds is 5. The van der Waals surface area contributed by atoms with Crippen LogP contribution >= 0.6 is 0 Å². The average molecular weight is 697 g/mol. The maximum Gasteiger partial charge on any atom is 0.157 e. The Kier molecular flexibility index (Phi) is 9.88. The molecule has 1 fully saturated rings. The van der Waals surface area contributed by atoms with Crippen molar-refractivity contribution in [2.75, 3.05) is 0 Å². The van der Waals surface area contributed by atoms with Crippen LogP contribution in [-0.2, 0) is 20.1 Å². The van der Waals surface area contributed by atoms with E-state index >= 15 is 0 Å². The quantitative estimate of drug-likeness (QED) is 0.172. The van der Waals surface area contributed by atoms with Gasteiger partial charge in [-0.05, 0) is 65.5 Å². The predicted molar refractivity (Wildman–Crippen MR) is 153 cm³/mol. The maximum atomic E-state index is 5.62. The molecule has 39 heavy (non-hydrogen) atoms. The van der Waals surface area contributed by atoms with Crippen molar-refractivity contribution in [3.05, 3.63) is 89.7 Å². The summed E-state index contributed by atoms with van der Waals surface area (Å²) in [5.74, 6) is 1.62. The van der Waals surface area contributed by atoms with Crippen LogP contribution in [0.15, 0.2) is 71.5 Å². The van der Waals surface area contributed by atoms with Gasteiger partial charge >= 0.3 is 0 Å². The van der Waals surface area contributed by atoms with Crippen molar-refractivity contribution < 1.29 is 24.6 Å². The summed E-state index contributed by atoms with van der Waals surface area (Å²) in [6.45, 7) is 8.83. The molecule has 5 aromatic rings. The molecule has 0 bridgehead atoms. The molecule has 1 aliphatic rings. The zero-order valence-corrected chi connectivity index (χ0v) is 25.5. The molecule has 0 N–H and O–H groups in total. The molecule has 1 saturated carbocycles. The van der Waals surface area contributed by atoms with E-state index in [2.05, 4.69) is 78.4 Å². The third kappa shape index (κ3) is 6.74. The maximum absolute atomic E-state index is 5.62. The molecule has 0 atom stereocenters. The number of hydrogen-bond acceptors (Lipinski definition) is 4. The van der Waals surface area contributed by atoms with E-state index < -0.39 is 0 Å². The molecule has 3 heterocycles. The minimum absolute atomic E-state index is 0. The van der Waals surface area contributed by atoms with Crippen LogP contribution in [0.1, 0.15) is 94.2 Å². The smallest absolute Gasteiger partial charge is 0.157 e. The number of benzene rings is 2. The summed E-state index contributed by atoms with van der Waals surface area (Å²) in [7, 11) is 0. The molecular weight excluding hydrogens is 661 g/mol. The molecule has 0 aliphatic heterocycles. The predicted octanol–water partition coefficient (Wildman–Crippen LogP) is 8.69. The van der Waals surface area contributed by atoms with E-state index in [9.17, 15) is 0 Å². The molecule has 0 saturated heterocycles. The third-order valence-electron chi connectivity index (χ3n) is 7.47. The monoisotopic (exact) mass is 697 g/mol. The van der Waals surface area contributed by atoms with Crippen LogP contribution in [0, 0.1) is 6.07 Å². The molecule has 3 aromatic heterocycles. The summed E-state index contributed by atoms with van der Waals surface area (Å²) in [4.78, 5) is 4.37. The molecule has 2 aromatic carbocycles. The Morgan fingerprint density at radius 1 is 0.923 bits per heavy atom. The van der Waals surface area contributed by atoms with E-state index in [4.69, 9.17) is 4.52 Å². The first-order valence-corrected chi connectivity index (χ1v) is 13.8. The van der Waals surface area contributed by atoms with Gasteiger partial charge in [0, 0.05) is 49.3 Å². The number of nitrogens with zero attached hydrogens (tertiary/aromatic N) is 4. The van der Waals surface area contributed by atoms with E-state index in [-0.39, 0.29) is 20.1 Å². The number of pyridine rings is 1. The third-order valence-corrected chi connectivity index (χ3v) is 7.47. The molecule has 6 heteroatoms. The van der Waals surface area contributed by atoms with Crippen molar-refractivity contribution in [2.45, 2.75) is 77.6 Å². The van der Waals surface area contributed by atoms with Gasteiger partial charge in [-0.3, -0.25) is 4.98 Å². The van der Waals surface area contributed by atoms with E-state index in [0.717, 1.165) is 33.6 Å². The second kappa shape index (κ2) is 13.3. The Hall–Kier alpha value is -3.08. The number of hydrogen-bond donors (Lipinski definition) is 0. The second-order valence-corrected chi connectivity index (χ2v) is 10.8. The van der Waals surface area contributed by atoms with Crippen molar-refractivity contribution in [1.29, 1.82) is 0 Å². The molecular formula is C33H36IrN4O-2. The van der Waals surface area contributed by atoms with Gasteiger partial charge in [-0.25, -0.2) is 0 Å². The summed E-state index contributed by atoms with van der Waals surface area (Å²) < 4.78 is 5.62. The summed E-state index contributed by atoms with van der Waals surface area (Å²) in [6.07, 6.45) is 10.4. The summed E-state index contributed by atoms with van der Waals surface area (Å²) >= 11 is 0. The Balaban J connectivity index is 0.000000180. The van der Waals surface area contributed by atoms with E-state index in [1.165, 1.54) is 48.8 Å². The van der Waals surface area contributed by atoms with Crippen LogP contribution < -0.4 is 5.10 Å². The van der Waals surface area contributed by atoms with Gasteiger partial charge in [-0.2, -0.15) is 0 Å². The van der Waals surface area contributed by atoms with Crippen molar-refractivity contribution in [1.82, 2.24) is 20.3 Å². The molecule has 0 spiro atoms. The van der Waals surface area contributed by atoms with Crippen LogP contribution in [-0.4, -0.2) is 15.2 Å². The Morgan fingerprint density at radius 2 is 1.74 bits per heavy atom. The standard InChI is InChI=1S/C19H20NO.C14H16N3.Ir/c1-12(2)15-10-16(13(3)4)18-17(11-15)21-20-19(18)14-8-6-5-7-9-14;1-2-4-11(5-3-1)12-6-8-15-14(10-12)13-7-9-16-17-13;/h5-8,10-13H,1-4H3;6-11H,1-5H2;/q2*-1;. The second-order valence-electron chi connectivity index (χ2n) is 10.8. The Morgan fingerprint density at radius 3 is 2.41 bits per heavy atom. The van der Waals surface area contributed by atoms with Crippen LogP contribution in [0.2, 0.25) is 0 Å². The first kappa shape index (κ1) is 28.9. The van der Waals surface area contributed by atoms with Gasteiger partial charge < -0.3 is 14.7 Å². The fraction of sp³-hybridized carbons (Fsp3) is 0.364. The van der Waals surface area contributed by atoms with Gasteiger partial charge in [0.05, 0.1) is 0 Å². The molecule has 0 unspecified atom stereocenters. The number of fused-ring (bicyclic) bond motifs is 1. The Bertz CT molecular complexity index is 1450. The minimum atomic E-state index is 0. The van der Waals surface area contributed by atoms with Crippen LogP contribution in [0.5, 0.6) is 0 Å². The average Bonchev–Trinajstić information content (AvgIpc) is 3.65. The zero-order chi connectivity index (χ0) is 26.5. The van der Waals surface area contributed by atoms with Crippen LogP contribution in [0.3, 0.4) is 0 Å². The molecule has 5 nitrogen and oxygen atoms in total. The van der Waals surface area contributed by atoms with Gasteiger partial charge in [0.1, 0.15) is 0 Å².